The zero-order valence-electron chi connectivity index (χ0n) is 13.0. The second kappa shape index (κ2) is 5.64. The number of alkyl halides is 5. The highest BCUT2D eigenvalue weighted by Crippen LogP contribution is 2.29. The van der Waals surface area contributed by atoms with Gasteiger partial charge >= 0.3 is 12.3 Å². The first-order valence-corrected chi connectivity index (χ1v) is 7.01. The normalized spacial score (nSPS) is 12.6. The Bertz CT molecular complexity index is 913. The topological polar surface area (TPSA) is 52.3 Å². The molecule has 0 atom stereocenters. The molecule has 0 aliphatic rings. The summed E-state index contributed by atoms with van der Waals surface area (Å²) >= 11 is 0. The van der Waals surface area contributed by atoms with Crippen molar-refractivity contribution < 1.29 is 26.7 Å². The predicted octanol–water partition coefficient (Wildman–Crippen LogP) is 4.11. The van der Waals surface area contributed by atoms with E-state index in [0.29, 0.717) is 18.2 Å². The van der Waals surface area contributed by atoms with Gasteiger partial charge in [-0.05, 0) is 31.2 Å². The van der Waals surface area contributed by atoms with Crippen molar-refractivity contribution in [2.24, 2.45) is 0 Å². The van der Waals surface area contributed by atoms with Gasteiger partial charge in [0.15, 0.2) is 5.65 Å². The van der Waals surface area contributed by atoms with Crippen molar-refractivity contribution >= 4 is 5.65 Å². The molecule has 0 spiro atoms. The van der Waals surface area contributed by atoms with Gasteiger partial charge in [-0.15, -0.1) is 23.4 Å². The number of rotatable bonds is 3. The molecule has 0 fully saturated rings. The first-order valence-electron chi connectivity index (χ1n) is 7.01. The van der Waals surface area contributed by atoms with Crippen LogP contribution in [0.3, 0.4) is 0 Å². The third kappa shape index (κ3) is 3.52. The van der Waals surface area contributed by atoms with Crippen molar-refractivity contribution in [3.63, 3.8) is 0 Å². The summed E-state index contributed by atoms with van der Waals surface area (Å²) in [5.41, 5.74) is 1.25. The van der Waals surface area contributed by atoms with Crippen LogP contribution in [0.2, 0.25) is 0 Å². The Hall–Kier alpha value is -2.78. The number of nitrogens with zero attached hydrogens (tertiary/aromatic N) is 4. The lowest BCUT2D eigenvalue weighted by atomic mass is 10.1. The number of benzene rings is 1. The second-order valence-corrected chi connectivity index (χ2v) is 5.39. The molecule has 2 heterocycles. The SMILES string of the molecule is Cc1nc(-c2ccc(OC(F)(F)F)cc2)cn2c(C(C)(F)F)nnc12. The Balaban J connectivity index is 2.04. The minimum absolute atomic E-state index is 0.178. The number of aryl methyl sites for hydroxylation is 1. The Morgan fingerprint density at radius 1 is 1.00 bits per heavy atom. The zero-order chi connectivity index (χ0) is 18.4. The van der Waals surface area contributed by atoms with E-state index in [1.807, 2.05) is 0 Å². The van der Waals surface area contributed by atoms with E-state index in [2.05, 4.69) is 19.9 Å². The molecule has 0 bridgehead atoms. The molecule has 10 heteroatoms. The van der Waals surface area contributed by atoms with E-state index >= 15 is 0 Å². The average Bonchev–Trinajstić information content (AvgIpc) is 2.91. The van der Waals surface area contributed by atoms with Crippen LogP contribution in [0.1, 0.15) is 18.4 Å². The fraction of sp³-hybridized carbons (Fsp3) is 0.267. The monoisotopic (exact) mass is 358 g/mol. The van der Waals surface area contributed by atoms with Gasteiger partial charge in [-0.1, -0.05) is 0 Å². The molecule has 3 rings (SSSR count). The van der Waals surface area contributed by atoms with E-state index in [1.165, 1.54) is 18.3 Å². The molecule has 132 valence electrons. The summed E-state index contributed by atoms with van der Waals surface area (Å²) in [5, 5.41) is 7.19. The van der Waals surface area contributed by atoms with Gasteiger partial charge in [0.25, 0.3) is 0 Å². The minimum Gasteiger partial charge on any atom is -0.406 e. The van der Waals surface area contributed by atoms with E-state index in [1.54, 1.807) is 6.92 Å². The van der Waals surface area contributed by atoms with E-state index < -0.39 is 18.1 Å². The molecule has 0 aliphatic heterocycles. The zero-order valence-corrected chi connectivity index (χ0v) is 13.0. The number of hydrogen-bond acceptors (Lipinski definition) is 4. The number of fused-ring (bicyclic) bond motifs is 1. The summed E-state index contributed by atoms with van der Waals surface area (Å²) in [5.74, 6) is -4.15. The molecule has 0 amide bonds. The van der Waals surface area contributed by atoms with Crippen molar-refractivity contribution in [3.05, 3.63) is 42.0 Å². The van der Waals surface area contributed by atoms with Crippen LogP contribution in [-0.2, 0) is 5.92 Å². The number of ether oxygens (including phenoxy) is 1. The molecule has 3 aromatic rings. The smallest absolute Gasteiger partial charge is 0.406 e. The van der Waals surface area contributed by atoms with Gasteiger partial charge in [0.05, 0.1) is 11.4 Å². The van der Waals surface area contributed by atoms with Crippen LogP contribution in [0.5, 0.6) is 5.75 Å². The van der Waals surface area contributed by atoms with Crippen LogP contribution in [0.15, 0.2) is 30.5 Å². The Morgan fingerprint density at radius 3 is 2.20 bits per heavy atom. The summed E-state index contributed by atoms with van der Waals surface area (Å²) in [4.78, 5) is 4.24. The molecule has 0 radical (unpaired) electrons. The van der Waals surface area contributed by atoms with E-state index in [4.69, 9.17) is 0 Å². The molecule has 0 unspecified atom stereocenters. The molecular weight excluding hydrogens is 347 g/mol. The van der Waals surface area contributed by atoms with Crippen LogP contribution in [0, 0.1) is 6.92 Å². The van der Waals surface area contributed by atoms with Crippen LogP contribution in [0.4, 0.5) is 22.0 Å². The van der Waals surface area contributed by atoms with Crippen LogP contribution in [-0.4, -0.2) is 25.9 Å². The number of aromatic nitrogens is 4. The van der Waals surface area contributed by atoms with Gasteiger partial charge in [0.2, 0.25) is 5.82 Å². The lowest BCUT2D eigenvalue weighted by Gasteiger charge is -2.11. The van der Waals surface area contributed by atoms with E-state index in [0.717, 1.165) is 16.5 Å². The van der Waals surface area contributed by atoms with E-state index in [9.17, 15) is 22.0 Å². The first kappa shape index (κ1) is 17.1. The molecule has 5 nitrogen and oxygen atoms in total. The second-order valence-electron chi connectivity index (χ2n) is 5.39. The lowest BCUT2D eigenvalue weighted by Crippen LogP contribution is -2.16. The molecule has 0 N–H and O–H groups in total. The van der Waals surface area contributed by atoms with Gasteiger partial charge in [-0.25, -0.2) is 4.98 Å². The summed E-state index contributed by atoms with van der Waals surface area (Å²) < 4.78 is 68.7. The molecule has 0 aliphatic carbocycles. The van der Waals surface area contributed by atoms with Gasteiger partial charge in [-0.2, -0.15) is 8.78 Å². The summed E-state index contributed by atoms with van der Waals surface area (Å²) in [6.07, 6.45) is -3.48. The van der Waals surface area contributed by atoms with Crippen molar-refractivity contribution in [2.45, 2.75) is 26.1 Å². The first-order chi connectivity index (χ1) is 11.5. The van der Waals surface area contributed by atoms with Crippen LogP contribution in [0.25, 0.3) is 16.9 Å². The Labute approximate surface area is 138 Å². The molecule has 1 aromatic carbocycles. The largest absolute Gasteiger partial charge is 0.573 e. The van der Waals surface area contributed by atoms with Crippen LogP contribution >= 0.6 is 0 Å². The molecule has 0 saturated carbocycles. The van der Waals surface area contributed by atoms with Crippen molar-refractivity contribution in [1.29, 1.82) is 0 Å². The highest BCUT2D eigenvalue weighted by atomic mass is 19.4. The Kier molecular flexibility index (Phi) is 3.85. The quantitative estimate of drug-likeness (QED) is 0.661. The maximum atomic E-state index is 13.6. The van der Waals surface area contributed by atoms with E-state index in [-0.39, 0.29) is 17.1 Å². The highest BCUT2D eigenvalue weighted by Gasteiger charge is 2.32. The fourth-order valence-corrected chi connectivity index (χ4v) is 2.31. The third-order valence-electron chi connectivity index (χ3n) is 3.34. The van der Waals surface area contributed by atoms with Crippen molar-refractivity contribution in [2.75, 3.05) is 0 Å². The van der Waals surface area contributed by atoms with Crippen LogP contribution < -0.4 is 4.74 Å². The van der Waals surface area contributed by atoms with Crippen molar-refractivity contribution in [3.8, 4) is 17.0 Å². The maximum Gasteiger partial charge on any atom is 0.573 e. The fourth-order valence-electron chi connectivity index (χ4n) is 2.31. The standard InChI is InChI=1S/C15H11F5N4O/c1-8-12-22-23-13(14(2,16)17)24(12)7-11(21-8)9-3-5-10(6-4-9)25-15(18,19)20/h3-7H,1-2H3. The Morgan fingerprint density at radius 2 is 1.64 bits per heavy atom. The molecule has 25 heavy (non-hydrogen) atoms. The number of halogens is 5. The highest BCUT2D eigenvalue weighted by molar-refractivity contribution is 5.62. The van der Waals surface area contributed by atoms with Crippen molar-refractivity contribution in [1.82, 2.24) is 19.6 Å². The summed E-state index contributed by atoms with van der Waals surface area (Å²) in [6, 6.07) is 4.93. The predicted molar refractivity (Wildman–Crippen MR) is 77.2 cm³/mol. The number of hydrogen-bond donors (Lipinski definition) is 0. The molecule has 0 saturated heterocycles. The van der Waals surface area contributed by atoms with Gasteiger partial charge in [0, 0.05) is 18.7 Å². The lowest BCUT2D eigenvalue weighted by molar-refractivity contribution is -0.274. The van der Waals surface area contributed by atoms with Gasteiger partial charge < -0.3 is 4.74 Å². The third-order valence-corrected chi connectivity index (χ3v) is 3.34. The molecule has 2 aromatic heterocycles. The summed E-state index contributed by atoms with van der Waals surface area (Å²) in [7, 11) is 0. The van der Waals surface area contributed by atoms with Gasteiger partial charge in [-0.3, -0.25) is 4.40 Å². The minimum atomic E-state index is -4.79. The van der Waals surface area contributed by atoms with Gasteiger partial charge in [0.1, 0.15) is 5.75 Å². The molecular formula is C15H11F5N4O. The average molecular weight is 358 g/mol. The summed E-state index contributed by atoms with van der Waals surface area (Å²) in [6.45, 7) is 2.27. The maximum absolute atomic E-state index is 13.6.